The average Bonchev–Trinajstić information content (AvgIpc) is 2.77. The van der Waals surface area contributed by atoms with Gasteiger partial charge in [-0.25, -0.2) is 4.79 Å². The smallest absolute Gasteiger partial charge is 0.408 e. The molecule has 1 aromatic heterocycles. The lowest BCUT2D eigenvalue weighted by atomic mass is 10.1. The normalized spacial score (nSPS) is 10.9. The highest BCUT2D eigenvalue weighted by Gasteiger charge is 2.13. The summed E-state index contributed by atoms with van der Waals surface area (Å²) < 4.78 is 6.40. The third-order valence-electron chi connectivity index (χ3n) is 3.59. The molecule has 23 heavy (non-hydrogen) atoms. The van der Waals surface area contributed by atoms with Crippen LogP contribution in [0.1, 0.15) is 11.1 Å². The zero-order chi connectivity index (χ0) is 16.6. The Morgan fingerprint density at radius 3 is 2.74 bits per heavy atom. The number of hydrogen-bond donors (Lipinski definition) is 1. The molecule has 0 spiro atoms. The summed E-state index contributed by atoms with van der Waals surface area (Å²) in [5, 5.41) is 3.28. The highest BCUT2D eigenvalue weighted by atomic mass is 35.5. The number of amides is 1. The number of anilines is 1. The van der Waals surface area contributed by atoms with Crippen LogP contribution in [0.3, 0.4) is 0 Å². The molecule has 0 saturated carbocycles. The topological polar surface area (TPSA) is 64.2 Å². The van der Waals surface area contributed by atoms with E-state index in [0.717, 1.165) is 16.8 Å². The Kier molecular flexibility index (Phi) is 3.96. The largest absolute Gasteiger partial charge is 0.420 e. The summed E-state index contributed by atoms with van der Waals surface area (Å²) in [5.41, 5.74) is 3.71. The first-order chi connectivity index (χ1) is 10.9. The number of nitrogens with zero attached hydrogens (tertiary/aromatic N) is 1. The van der Waals surface area contributed by atoms with E-state index in [1.807, 2.05) is 32.0 Å². The van der Waals surface area contributed by atoms with Gasteiger partial charge in [-0.1, -0.05) is 29.3 Å². The van der Waals surface area contributed by atoms with Gasteiger partial charge in [-0.15, -0.1) is 0 Å². The van der Waals surface area contributed by atoms with Crippen LogP contribution in [0.2, 0.25) is 5.02 Å². The molecular formula is C17H15ClN2O3. The van der Waals surface area contributed by atoms with Crippen LogP contribution in [0, 0.1) is 13.8 Å². The summed E-state index contributed by atoms with van der Waals surface area (Å²) in [6.07, 6.45) is 0. The van der Waals surface area contributed by atoms with Crippen molar-refractivity contribution in [2.45, 2.75) is 20.4 Å². The van der Waals surface area contributed by atoms with E-state index in [1.54, 1.807) is 18.2 Å². The molecule has 0 fully saturated rings. The molecule has 1 amide bonds. The molecule has 1 N–H and O–H groups in total. The number of aryl methyl sites for hydroxylation is 2. The first-order valence-corrected chi connectivity index (χ1v) is 7.48. The SMILES string of the molecule is Cc1ccc(NC(=O)Cn2c(=O)oc3cc(Cl)ccc32)c(C)c1. The van der Waals surface area contributed by atoms with Crippen LogP contribution in [0.15, 0.2) is 45.6 Å². The first-order valence-electron chi connectivity index (χ1n) is 7.10. The fourth-order valence-electron chi connectivity index (χ4n) is 2.48. The van der Waals surface area contributed by atoms with E-state index in [0.29, 0.717) is 16.1 Å². The highest BCUT2D eigenvalue weighted by Crippen LogP contribution is 2.19. The molecular weight excluding hydrogens is 316 g/mol. The number of carbonyl (C=O) groups excluding carboxylic acids is 1. The maximum atomic E-state index is 12.2. The van der Waals surface area contributed by atoms with E-state index in [1.165, 1.54) is 4.57 Å². The van der Waals surface area contributed by atoms with Crippen LogP contribution in [0.5, 0.6) is 0 Å². The first kappa shape index (κ1) is 15.4. The molecule has 0 radical (unpaired) electrons. The molecule has 2 aromatic carbocycles. The van der Waals surface area contributed by atoms with E-state index in [4.69, 9.17) is 16.0 Å². The van der Waals surface area contributed by atoms with Gasteiger partial charge in [-0.3, -0.25) is 9.36 Å². The van der Waals surface area contributed by atoms with Gasteiger partial charge in [0.1, 0.15) is 6.54 Å². The molecule has 0 saturated heterocycles. The van der Waals surface area contributed by atoms with Gasteiger partial charge in [0, 0.05) is 16.8 Å². The Balaban J connectivity index is 1.86. The van der Waals surface area contributed by atoms with Crippen LogP contribution >= 0.6 is 11.6 Å². The summed E-state index contributed by atoms with van der Waals surface area (Å²) >= 11 is 5.87. The maximum absolute atomic E-state index is 12.2. The zero-order valence-electron chi connectivity index (χ0n) is 12.7. The van der Waals surface area contributed by atoms with E-state index in [2.05, 4.69) is 5.32 Å². The van der Waals surface area contributed by atoms with Gasteiger partial charge in [0.2, 0.25) is 5.91 Å². The van der Waals surface area contributed by atoms with Crippen molar-refractivity contribution in [1.29, 1.82) is 0 Å². The number of halogens is 1. The molecule has 118 valence electrons. The molecule has 0 atom stereocenters. The minimum absolute atomic E-state index is 0.124. The standard InChI is InChI=1S/C17H15ClN2O3/c1-10-3-5-13(11(2)7-10)19-16(21)9-20-14-6-4-12(18)8-15(14)23-17(20)22/h3-8H,9H2,1-2H3,(H,19,21). The second kappa shape index (κ2) is 5.93. The van der Waals surface area contributed by atoms with Gasteiger partial charge in [0.25, 0.3) is 0 Å². The second-order valence-electron chi connectivity index (χ2n) is 5.43. The van der Waals surface area contributed by atoms with Gasteiger partial charge in [-0.05, 0) is 37.6 Å². The summed E-state index contributed by atoms with van der Waals surface area (Å²) in [6, 6.07) is 10.6. The minimum Gasteiger partial charge on any atom is -0.408 e. The predicted molar refractivity (Wildman–Crippen MR) is 90.0 cm³/mol. The number of benzene rings is 2. The minimum atomic E-state index is -0.585. The van der Waals surface area contributed by atoms with Crippen LogP contribution in [0.4, 0.5) is 5.69 Å². The fraction of sp³-hybridized carbons (Fsp3) is 0.176. The summed E-state index contributed by atoms with van der Waals surface area (Å²) in [7, 11) is 0. The van der Waals surface area contributed by atoms with E-state index in [9.17, 15) is 9.59 Å². The van der Waals surface area contributed by atoms with Crippen molar-refractivity contribution >= 4 is 34.3 Å². The molecule has 0 bridgehead atoms. The molecule has 0 aliphatic heterocycles. The van der Waals surface area contributed by atoms with Crippen molar-refractivity contribution in [3.05, 3.63) is 63.1 Å². The molecule has 5 nitrogen and oxygen atoms in total. The van der Waals surface area contributed by atoms with Crippen molar-refractivity contribution in [3.63, 3.8) is 0 Å². The van der Waals surface area contributed by atoms with E-state index < -0.39 is 5.76 Å². The lowest BCUT2D eigenvalue weighted by Gasteiger charge is -2.09. The summed E-state index contributed by atoms with van der Waals surface area (Å²) in [6.45, 7) is 3.78. The number of aromatic nitrogens is 1. The second-order valence-corrected chi connectivity index (χ2v) is 5.87. The van der Waals surface area contributed by atoms with Crippen molar-refractivity contribution in [1.82, 2.24) is 4.57 Å². The van der Waals surface area contributed by atoms with Crippen LogP contribution < -0.4 is 11.1 Å². The maximum Gasteiger partial charge on any atom is 0.420 e. The third kappa shape index (κ3) is 3.14. The van der Waals surface area contributed by atoms with E-state index in [-0.39, 0.29) is 12.5 Å². The monoisotopic (exact) mass is 330 g/mol. The number of rotatable bonds is 3. The molecule has 6 heteroatoms. The van der Waals surface area contributed by atoms with Crippen molar-refractivity contribution in [2.75, 3.05) is 5.32 Å². The van der Waals surface area contributed by atoms with Gasteiger partial charge in [-0.2, -0.15) is 0 Å². The van der Waals surface area contributed by atoms with Crippen LogP contribution in [-0.4, -0.2) is 10.5 Å². The number of hydrogen-bond acceptors (Lipinski definition) is 3. The van der Waals surface area contributed by atoms with Gasteiger partial charge >= 0.3 is 5.76 Å². The molecule has 3 aromatic rings. The number of nitrogens with one attached hydrogen (secondary N) is 1. The van der Waals surface area contributed by atoms with Crippen molar-refractivity contribution < 1.29 is 9.21 Å². The van der Waals surface area contributed by atoms with Crippen molar-refractivity contribution in [2.24, 2.45) is 0 Å². The van der Waals surface area contributed by atoms with Crippen molar-refractivity contribution in [3.8, 4) is 0 Å². The molecule has 0 unspecified atom stereocenters. The Bertz CT molecular complexity index is 956. The highest BCUT2D eigenvalue weighted by molar-refractivity contribution is 6.31. The Morgan fingerprint density at radius 2 is 2.00 bits per heavy atom. The lowest BCUT2D eigenvalue weighted by Crippen LogP contribution is -2.25. The van der Waals surface area contributed by atoms with E-state index >= 15 is 0 Å². The van der Waals surface area contributed by atoms with Crippen LogP contribution in [0.25, 0.3) is 11.1 Å². The summed E-state index contributed by atoms with van der Waals surface area (Å²) in [4.78, 5) is 24.2. The average molecular weight is 331 g/mol. The van der Waals surface area contributed by atoms with Crippen LogP contribution in [-0.2, 0) is 11.3 Å². The number of oxazole rings is 1. The molecule has 3 rings (SSSR count). The lowest BCUT2D eigenvalue weighted by molar-refractivity contribution is -0.116. The zero-order valence-corrected chi connectivity index (χ0v) is 13.5. The molecule has 1 heterocycles. The number of fused-ring (bicyclic) bond motifs is 1. The predicted octanol–water partition coefficient (Wildman–Crippen LogP) is 3.50. The Morgan fingerprint density at radius 1 is 1.22 bits per heavy atom. The third-order valence-corrected chi connectivity index (χ3v) is 3.82. The number of carbonyl (C=O) groups is 1. The fourth-order valence-corrected chi connectivity index (χ4v) is 2.64. The van der Waals surface area contributed by atoms with Gasteiger partial charge < -0.3 is 9.73 Å². The summed E-state index contributed by atoms with van der Waals surface area (Å²) in [5.74, 6) is -0.880. The molecule has 0 aliphatic rings. The van der Waals surface area contributed by atoms with Gasteiger partial charge in [0.15, 0.2) is 5.58 Å². The Labute approximate surface area is 137 Å². The molecule has 0 aliphatic carbocycles. The Hall–Kier alpha value is -2.53. The van der Waals surface area contributed by atoms with Gasteiger partial charge in [0.05, 0.1) is 5.52 Å². The quantitative estimate of drug-likeness (QED) is 0.799.